The maximum Gasteiger partial charge on any atom is 0.255 e. The van der Waals surface area contributed by atoms with Gasteiger partial charge in [-0.05, 0) is 62.2 Å². The number of hydrogen-bond donors (Lipinski definition) is 2. The second-order valence-electron chi connectivity index (χ2n) is 6.82. The number of benzene rings is 2. The zero-order chi connectivity index (χ0) is 21.1. The third kappa shape index (κ3) is 5.20. The number of amides is 1. The second-order valence-corrected chi connectivity index (χ2v) is 7.23. The Balaban J connectivity index is 1.89. The molecule has 0 bridgehead atoms. The number of aromatic nitrogens is 2. The lowest BCUT2D eigenvalue weighted by molar-refractivity contribution is -0.116. The molecular formula is C21H20ClFN4O2. The Morgan fingerprint density at radius 3 is 2.48 bits per heavy atom. The molecule has 2 aromatic carbocycles. The smallest absolute Gasteiger partial charge is 0.255 e. The molecule has 0 atom stereocenters. The molecule has 29 heavy (non-hydrogen) atoms. The van der Waals surface area contributed by atoms with Crippen molar-refractivity contribution in [3.05, 3.63) is 80.5 Å². The number of halogens is 2. The van der Waals surface area contributed by atoms with Crippen molar-refractivity contribution in [1.82, 2.24) is 9.55 Å². The number of rotatable bonds is 5. The molecule has 0 saturated carbocycles. The van der Waals surface area contributed by atoms with E-state index >= 15 is 0 Å². The van der Waals surface area contributed by atoms with Gasteiger partial charge in [0.05, 0.1) is 10.7 Å². The van der Waals surface area contributed by atoms with Gasteiger partial charge in [0.25, 0.3) is 5.56 Å². The first-order chi connectivity index (χ1) is 13.7. The second kappa shape index (κ2) is 8.45. The SMILES string of the molecule is Cc1cc(C)cc(Nc2nc(C)cc(=O)n2CC(=O)Nc2cc(F)ccc2Cl)c1. The van der Waals surface area contributed by atoms with Gasteiger partial charge < -0.3 is 10.6 Å². The zero-order valence-corrected chi connectivity index (χ0v) is 17.0. The van der Waals surface area contributed by atoms with E-state index in [4.69, 9.17) is 11.6 Å². The average molecular weight is 415 g/mol. The van der Waals surface area contributed by atoms with Crippen molar-refractivity contribution in [2.45, 2.75) is 27.3 Å². The Morgan fingerprint density at radius 2 is 1.79 bits per heavy atom. The van der Waals surface area contributed by atoms with E-state index in [2.05, 4.69) is 15.6 Å². The van der Waals surface area contributed by atoms with Crippen LogP contribution in [0.25, 0.3) is 0 Å². The third-order valence-electron chi connectivity index (χ3n) is 4.12. The highest BCUT2D eigenvalue weighted by molar-refractivity contribution is 6.33. The van der Waals surface area contributed by atoms with Crippen molar-refractivity contribution in [2.24, 2.45) is 0 Å². The van der Waals surface area contributed by atoms with Gasteiger partial charge in [0.15, 0.2) is 0 Å². The van der Waals surface area contributed by atoms with Gasteiger partial charge in [-0.3, -0.25) is 14.2 Å². The van der Waals surface area contributed by atoms with Crippen molar-refractivity contribution in [3.8, 4) is 0 Å². The molecule has 1 heterocycles. The lowest BCUT2D eigenvalue weighted by atomic mass is 10.1. The minimum Gasteiger partial charge on any atom is -0.325 e. The molecule has 3 aromatic rings. The largest absolute Gasteiger partial charge is 0.325 e. The molecule has 8 heteroatoms. The first-order valence-electron chi connectivity index (χ1n) is 8.90. The Morgan fingerprint density at radius 1 is 1.10 bits per heavy atom. The summed E-state index contributed by atoms with van der Waals surface area (Å²) in [5, 5.41) is 5.83. The van der Waals surface area contributed by atoms with E-state index < -0.39 is 11.7 Å². The van der Waals surface area contributed by atoms with Crippen LogP contribution >= 0.6 is 11.6 Å². The number of anilines is 3. The highest BCUT2D eigenvalue weighted by Crippen LogP contribution is 2.23. The normalized spacial score (nSPS) is 10.7. The van der Waals surface area contributed by atoms with Gasteiger partial charge in [0, 0.05) is 17.4 Å². The molecule has 150 valence electrons. The first-order valence-corrected chi connectivity index (χ1v) is 9.28. The average Bonchev–Trinajstić information content (AvgIpc) is 2.60. The fourth-order valence-corrected chi connectivity index (χ4v) is 3.14. The first kappa shape index (κ1) is 20.5. The Hall–Kier alpha value is -3.19. The van der Waals surface area contributed by atoms with Gasteiger partial charge in [-0.2, -0.15) is 0 Å². The standard InChI is InChI=1S/C21H20ClFN4O2/c1-12-6-13(2)8-16(7-12)25-21-24-14(3)9-20(29)27(21)11-19(28)26-18-10-15(23)4-5-17(18)22/h4-10H,11H2,1-3H3,(H,24,25)(H,26,28). The van der Waals surface area contributed by atoms with Crippen LogP contribution < -0.4 is 16.2 Å². The number of carbonyl (C=O) groups is 1. The van der Waals surface area contributed by atoms with Crippen molar-refractivity contribution in [2.75, 3.05) is 10.6 Å². The van der Waals surface area contributed by atoms with Crippen molar-refractivity contribution in [1.29, 1.82) is 0 Å². The van der Waals surface area contributed by atoms with Gasteiger partial charge in [0.1, 0.15) is 12.4 Å². The summed E-state index contributed by atoms with van der Waals surface area (Å²) in [6, 6.07) is 10.9. The molecule has 0 aliphatic rings. The summed E-state index contributed by atoms with van der Waals surface area (Å²) >= 11 is 5.99. The molecule has 0 aliphatic carbocycles. The van der Waals surface area contributed by atoms with E-state index in [0.29, 0.717) is 5.69 Å². The van der Waals surface area contributed by atoms with E-state index in [0.717, 1.165) is 22.9 Å². The van der Waals surface area contributed by atoms with Gasteiger partial charge in [0.2, 0.25) is 11.9 Å². The minimum atomic E-state index is -0.534. The fourth-order valence-electron chi connectivity index (χ4n) is 2.97. The van der Waals surface area contributed by atoms with E-state index in [1.165, 1.54) is 22.8 Å². The quantitative estimate of drug-likeness (QED) is 0.651. The monoisotopic (exact) mass is 414 g/mol. The molecule has 2 N–H and O–H groups in total. The minimum absolute atomic E-state index is 0.133. The van der Waals surface area contributed by atoms with E-state index in [9.17, 15) is 14.0 Å². The molecule has 0 saturated heterocycles. The molecule has 0 unspecified atom stereocenters. The molecule has 0 spiro atoms. The van der Waals surface area contributed by atoms with E-state index in [1.807, 2.05) is 32.0 Å². The van der Waals surface area contributed by atoms with Gasteiger partial charge in [-0.25, -0.2) is 9.37 Å². The molecule has 0 aliphatic heterocycles. The van der Waals surface area contributed by atoms with Crippen molar-refractivity contribution < 1.29 is 9.18 Å². The molecule has 1 aromatic heterocycles. The topological polar surface area (TPSA) is 76.0 Å². The molecule has 6 nitrogen and oxygen atoms in total. The zero-order valence-electron chi connectivity index (χ0n) is 16.2. The Labute approximate surface area is 172 Å². The summed E-state index contributed by atoms with van der Waals surface area (Å²) in [4.78, 5) is 29.4. The Kier molecular flexibility index (Phi) is 5.98. The number of hydrogen-bond acceptors (Lipinski definition) is 4. The lowest BCUT2D eigenvalue weighted by Gasteiger charge is -2.15. The third-order valence-corrected chi connectivity index (χ3v) is 4.45. The van der Waals surface area contributed by atoms with Crippen LogP contribution in [0.15, 0.2) is 47.3 Å². The Bertz CT molecular complexity index is 1120. The highest BCUT2D eigenvalue weighted by atomic mass is 35.5. The molecule has 1 amide bonds. The maximum absolute atomic E-state index is 13.4. The number of aryl methyl sites for hydroxylation is 3. The van der Waals surface area contributed by atoms with Crippen LogP contribution in [-0.4, -0.2) is 15.5 Å². The highest BCUT2D eigenvalue weighted by Gasteiger charge is 2.14. The summed E-state index contributed by atoms with van der Waals surface area (Å²) in [5.41, 5.74) is 3.12. The van der Waals surface area contributed by atoms with Crippen LogP contribution in [0.5, 0.6) is 0 Å². The predicted molar refractivity (Wildman–Crippen MR) is 112 cm³/mol. The molecule has 0 radical (unpaired) electrons. The molecular weight excluding hydrogens is 395 g/mol. The molecule has 3 rings (SSSR count). The van der Waals surface area contributed by atoms with Crippen LogP contribution in [0, 0.1) is 26.6 Å². The number of nitrogens with one attached hydrogen (secondary N) is 2. The maximum atomic E-state index is 13.4. The summed E-state index contributed by atoms with van der Waals surface area (Å²) in [6.45, 7) is 5.31. The summed E-state index contributed by atoms with van der Waals surface area (Å²) in [7, 11) is 0. The summed E-state index contributed by atoms with van der Waals surface area (Å²) in [5.74, 6) is -0.828. The summed E-state index contributed by atoms with van der Waals surface area (Å²) < 4.78 is 14.6. The molecule has 0 fully saturated rings. The fraction of sp³-hybridized carbons (Fsp3) is 0.190. The van der Waals surface area contributed by atoms with Crippen molar-refractivity contribution in [3.63, 3.8) is 0 Å². The predicted octanol–water partition coefficient (Wildman–Crippen LogP) is 4.34. The van der Waals surface area contributed by atoms with E-state index in [1.54, 1.807) is 6.92 Å². The lowest BCUT2D eigenvalue weighted by Crippen LogP contribution is -2.30. The van der Waals surface area contributed by atoms with Crippen LogP contribution in [0.1, 0.15) is 16.8 Å². The van der Waals surface area contributed by atoms with Crippen LogP contribution in [0.2, 0.25) is 5.02 Å². The van der Waals surface area contributed by atoms with Crippen LogP contribution in [0.3, 0.4) is 0 Å². The number of carbonyl (C=O) groups excluding carboxylic acids is 1. The number of nitrogens with zero attached hydrogens (tertiary/aromatic N) is 2. The van der Waals surface area contributed by atoms with Crippen LogP contribution in [0.4, 0.5) is 21.7 Å². The van der Waals surface area contributed by atoms with E-state index in [-0.39, 0.29) is 28.8 Å². The summed E-state index contributed by atoms with van der Waals surface area (Å²) in [6.07, 6.45) is 0. The van der Waals surface area contributed by atoms with Crippen molar-refractivity contribution >= 4 is 34.8 Å². The van der Waals surface area contributed by atoms with Gasteiger partial charge >= 0.3 is 0 Å². The van der Waals surface area contributed by atoms with Crippen LogP contribution in [-0.2, 0) is 11.3 Å². The van der Waals surface area contributed by atoms with Gasteiger partial charge in [-0.15, -0.1) is 0 Å². The van der Waals surface area contributed by atoms with Gasteiger partial charge in [-0.1, -0.05) is 17.7 Å².